The molecule has 104 valence electrons. The van der Waals surface area contributed by atoms with E-state index in [2.05, 4.69) is 23.5 Å². The normalized spacial score (nSPS) is 16.2. The van der Waals surface area contributed by atoms with E-state index in [0.29, 0.717) is 6.54 Å². The fourth-order valence-electron chi connectivity index (χ4n) is 2.73. The SMILES string of the molecule is CC(C)[C@H](NCc1ccc2c(c1)CCCC2)C(=O)O. The molecular weight excluding hydrogens is 238 g/mol. The lowest BCUT2D eigenvalue weighted by Crippen LogP contribution is -2.40. The van der Waals surface area contributed by atoms with Crippen LogP contribution >= 0.6 is 0 Å². The van der Waals surface area contributed by atoms with Crippen LogP contribution in [0.25, 0.3) is 0 Å². The third kappa shape index (κ3) is 3.57. The van der Waals surface area contributed by atoms with Crippen LogP contribution in [-0.4, -0.2) is 17.1 Å². The molecule has 1 aliphatic carbocycles. The van der Waals surface area contributed by atoms with Gasteiger partial charge in [0.05, 0.1) is 0 Å². The van der Waals surface area contributed by atoms with Crippen molar-refractivity contribution in [3.63, 3.8) is 0 Å². The minimum Gasteiger partial charge on any atom is -0.480 e. The first-order valence-electron chi connectivity index (χ1n) is 7.15. The molecule has 0 amide bonds. The van der Waals surface area contributed by atoms with Gasteiger partial charge in [0.1, 0.15) is 6.04 Å². The number of aliphatic carboxylic acids is 1. The molecule has 3 nitrogen and oxygen atoms in total. The van der Waals surface area contributed by atoms with Crippen molar-refractivity contribution in [2.45, 2.75) is 52.1 Å². The van der Waals surface area contributed by atoms with Crippen molar-refractivity contribution in [3.8, 4) is 0 Å². The maximum absolute atomic E-state index is 11.1. The molecule has 19 heavy (non-hydrogen) atoms. The van der Waals surface area contributed by atoms with E-state index in [0.717, 1.165) is 6.42 Å². The van der Waals surface area contributed by atoms with E-state index < -0.39 is 12.0 Å². The number of rotatable bonds is 5. The Morgan fingerprint density at radius 1 is 1.26 bits per heavy atom. The van der Waals surface area contributed by atoms with Gasteiger partial charge in [-0.1, -0.05) is 32.0 Å². The Morgan fingerprint density at radius 2 is 1.95 bits per heavy atom. The van der Waals surface area contributed by atoms with E-state index in [1.165, 1.54) is 36.0 Å². The molecule has 0 unspecified atom stereocenters. The lowest BCUT2D eigenvalue weighted by Gasteiger charge is -2.20. The number of hydrogen-bond acceptors (Lipinski definition) is 2. The minimum atomic E-state index is -0.770. The number of hydrogen-bond donors (Lipinski definition) is 2. The number of carbonyl (C=O) groups is 1. The Kier molecular flexibility index (Phi) is 4.59. The summed E-state index contributed by atoms with van der Waals surface area (Å²) >= 11 is 0. The van der Waals surface area contributed by atoms with Crippen LogP contribution in [0.5, 0.6) is 0 Å². The summed E-state index contributed by atoms with van der Waals surface area (Å²) in [5, 5.41) is 12.3. The second-order valence-electron chi connectivity index (χ2n) is 5.75. The summed E-state index contributed by atoms with van der Waals surface area (Å²) in [7, 11) is 0. The van der Waals surface area contributed by atoms with Gasteiger partial charge in [-0.3, -0.25) is 4.79 Å². The Bertz CT molecular complexity index is 454. The predicted octanol–water partition coefficient (Wildman–Crippen LogP) is 2.76. The number of fused-ring (bicyclic) bond motifs is 1. The van der Waals surface area contributed by atoms with Crippen LogP contribution in [0, 0.1) is 5.92 Å². The smallest absolute Gasteiger partial charge is 0.320 e. The fourth-order valence-corrected chi connectivity index (χ4v) is 2.73. The summed E-state index contributed by atoms with van der Waals surface area (Å²) in [5.41, 5.74) is 4.10. The largest absolute Gasteiger partial charge is 0.480 e. The molecule has 3 heteroatoms. The Hall–Kier alpha value is -1.35. The molecule has 0 spiro atoms. The molecule has 1 atom stereocenters. The fraction of sp³-hybridized carbons (Fsp3) is 0.562. The summed E-state index contributed by atoms with van der Waals surface area (Å²) in [5.74, 6) is -0.678. The first-order chi connectivity index (χ1) is 9.08. The molecule has 1 aliphatic rings. The highest BCUT2D eigenvalue weighted by Gasteiger charge is 2.20. The molecule has 0 saturated carbocycles. The van der Waals surface area contributed by atoms with E-state index in [1.54, 1.807) is 0 Å². The standard InChI is InChI=1S/C16H23NO2/c1-11(2)15(16(18)19)17-10-12-7-8-13-5-3-4-6-14(13)9-12/h7-9,11,15,17H,3-6,10H2,1-2H3,(H,18,19)/t15-/m0/s1. The van der Waals surface area contributed by atoms with Gasteiger partial charge in [-0.05, 0) is 48.3 Å². The first kappa shape index (κ1) is 14.1. The van der Waals surface area contributed by atoms with Crippen LogP contribution in [0.3, 0.4) is 0 Å². The molecule has 1 aromatic carbocycles. The van der Waals surface area contributed by atoms with Gasteiger partial charge in [-0.15, -0.1) is 0 Å². The Morgan fingerprint density at radius 3 is 2.58 bits per heavy atom. The van der Waals surface area contributed by atoms with E-state index in [4.69, 9.17) is 5.11 Å². The highest BCUT2D eigenvalue weighted by atomic mass is 16.4. The number of carboxylic acid groups (broad SMARTS) is 1. The Labute approximate surface area is 115 Å². The van der Waals surface area contributed by atoms with Crippen LogP contribution in [0.1, 0.15) is 43.4 Å². The van der Waals surface area contributed by atoms with E-state index in [1.807, 2.05) is 13.8 Å². The number of aryl methyl sites for hydroxylation is 2. The van der Waals surface area contributed by atoms with Gasteiger partial charge in [-0.25, -0.2) is 0 Å². The van der Waals surface area contributed by atoms with Gasteiger partial charge in [0.25, 0.3) is 0 Å². The van der Waals surface area contributed by atoms with Gasteiger partial charge in [0.2, 0.25) is 0 Å². The van der Waals surface area contributed by atoms with Gasteiger partial charge >= 0.3 is 5.97 Å². The molecule has 2 rings (SSSR count). The molecule has 0 bridgehead atoms. The summed E-state index contributed by atoms with van der Waals surface area (Å²) < 4.78 is 0. The van der Waals surface area contributed by atoms with E-state index >= 15 is 0 Å². The zero-order valence-electron chi connectivity index (χ0n) is 11.8. The third-order valence-electron chi connectivity index (χ3n) is 3.87. The molecular formula is C16H23NO2. The Balaban J connectivity index is 2.01. The van der Waals surface area contributed by atoms with Gasteiger partial charge in [-0.2, -0.15) is 0 Å². The van der Waals surface area contributed by atoms with Crippen LogP contribution in [0.4, 0.5) is 0 Å². The van der Waals surface area contributed by atoms with Crippen molar-refractivity contribution in [2.24, 2.45) is 5.92 Å². The molecule has 0 heterocycles. The first-order valence-corrected chi connectivity index (χ1v) is 7.15. The van der Waals surface area contributed by atoms with Crippen LogP contribution < -0.4 is 5.32 Å². The molecule has 0 saturated heterocycles. The highest BCUT2D eigenvalue weighted by molar-refractivity contribution is 5.73. The molecule has 1 aromatic rings. The van der Waals surface area contributed by atoms with E-state index in [9.17, 15) is 4.79 Å². The van der Waals surface area contributed by atoms with Crippen molar-refractivity contribution in [2.75, 3.05) is 0 Å². The molecule has 0 fully saturated rings. The summed E-state index contributed by atoms with van der Waals surface area (Å²) in [6, 6.07) is 6.09. The maximum atomic E-state index is 11.1. The molecule has 0 radical (unpaired) electrons. The second kappa shape index (κ2) is 6.20. The average Bonchev–Trinajstić information content (AvgIpc) is 2.38. The van der Waals surface area contributed by atoms with Crippen molar-refractivity contribution in [1.82, 2.24) is 5.32 Å². The van der Waals surface area contributed by atoms with Crippen molar-refractivity contribution in [3.05, 3.63) is 34.9 Å². The predicted molar refractivity (Wildman–Crippen MR) is 76.2 cm³/mol. The lowest BCUT2D eigenvalue weighted by atomic mass is 9.90. The zero-order valence-corrected chi connectivity index (χ0v) is 11.8. The topological polar surface area (TPSA) is 49.3 Å². The van der Waals surface area contributed by atoms with Crippen LogP contribution in [0.15, 0.2) is 18.2 Å². The van der Waals surface area contributed by atoms with Gasteiger partial charge in [0.15, 0.2) is 0 Å². The van der Waals surface area contributed by atoms with Crippen LogP contribution in [-0.2, 0) is 24.2 Å². The quantitative estimate of drug-likeness (QED) is 0.857. The second-order valence-corrected chi connectivity index (χ2v) is 5.75. The van der Waals surface area contributed by atoms with Gasteiger partial charge in [0, 0.05) is 6.54 Å². The maximum Gasteiger partial charge on any atom is 0.320 e. The van der Waals surface area contributed by atoms with Gasteiger partial charge < -0.3 is 10.4 Å². The molecule has 2 N–H and O–H groups in total. The summed E-state index contributed by atoms with van der Waals surface area (Å²) in [6.45, 7) is 4.49. The van der Waals surface area contributed by atoms with Crippen molar-refractivity contribution < 1.29 is 9.90 Å². The number of benzene rings is 1. The third-order valence-corrected chi connectivity index (χ3v) is 3.87. The summed E-state index contributed by atoms with van der Waals surface area (Å²) in [4.78, 5) is 11.1. The van der Waals surface area contributed by atoms with E-state index in [-0.39, 0.29) is 5.92 Å². The van der Waals surface area contributed by atoms with Crippen molar-refractivity contribution in [1.29, 1.82) is 0 Å². The average molecular weight is 261 g/mol. The lowest BCUT2D eigenvalue weighted by molar-refractivity contribution is -0.140. The zero-order chi connectivity index (χ0) is 13.8. The highest BCUT2D eigenvalue weighted by Crippen LogP contribution is 2.22. The van der Waals surface area contributed by atoms with Crippen LogP contribution in [0.2, 0.25) is 0 Å². The molecule has 0 aliphatic heterocycles. The van der Waals surface area contributed by atoms with Crippen molar-refractivity contribution >= 4 is 5.97 Å². The monoisotopic (exact) mass is 261 g/mol. The minimum absolute atomic E-state index is 0.0927. The number of carboxylic acids is 1. The molecule has 0 aromatic heterocycles. The summed E-state index contributed by atoms with van der Waals surface area (Å²) in [6.07, 6.45) is 4.91. The number of nitrogens with one attached hydrogen (secondary N) is 1.